The third-order valence-electron chi connectivity index (χ3n) is 5.46. The number of fused-ring (bicyclic) bond motifs is 1. The van der Waals surface area contributed by atoms with Crippen molar-refractivity contribution in [3.8, 4) is 5.69 Å². The Balaban J connectivity index is 0.00000272. The zero-order valence-electron chi connectivity index (χ0n) is 18.1. The number of halogens is 1. The monoisotopic (exact) mass is 528 g/mol. The first-order chi connectivity index (χ1) is 14.7. The predicted octanol–water partition coefficient (Wildman–Crippen LogP) is 4.50. The van der Waals surface area contributed by atoms with E-state index in [1.807, 2.05) is 22.9 Å². The van der Waals surface area contributed by atoms with E-state index in [2.05, 4.69) is 77.1 Å². The molecule has 0 unspecified atom stereocenters. The number of aryl methyl sites for hydroxylation is 1. The molecule has 162 valence electrons. The van der Waals surface area contributed by atoms with Crippen LogP contribution in [-0.4, -0.2) is 34.3 Å². The van der Waals surface area contributed by atoms with Gasteiger partial charge in [-0.2, -0.15) is 5.10 Å². The van der Waals surface area contributed by atoms with Crippen LogP contribution < -0.4 is 10.6 Å². The molecule has 0 saturated carbocycles. The smallest absolute Gasteiger partial charge is 0.191 e. The summed E-state index contributed by atoms with van der Waals surface area (Å²) in [5, 5.41) is 12.8. The maximum atomic E-state index is 4.72. The first-order valence-corrected chi connectivity index (χ1v) is 10.3. The number of hydrogen-bond acceptors (Lipinski definition) is 2. The summed E-state index contributed by atoms with van der Waals surface area (Å²) >= 11 is 0. The third kappa shape index (κ3) is 5.10. The Bertz CT molecular complexity index is 1160. The number of guanidine groups is 1. The second-order valence-corrected chi connectivity index (χ2v) is 7.36. The van der Waals surface area contributed by atoms with Crippen molar-refractivity contribution >= 4 is 40.8 Å². The molecule has 31 heavy (non-hydrogen) atoms. The molecule has 0 saturated heterocycles. The summed E-state index contributed by atoms with van der Waals surface area (Å²) in [6.45, 7) is 5.65. The van der Waals surface area contributed by atoms with Crippen LogP contribution in [-0.2, 0) is 13.0 Å². The zero-order chi connectivity index (χ0) is 20.9. The molecule has 6 nitrogen and oxygen atoms in total. The molecule has 0 aliphatic rings. The molecule has 4 aromatic rings. The standard InChI is InChI=1S/C24H28N6.HI/c1-17-22(18(2)30(29-17)20-9-5-4-6-10-20)16-28-24(25-3)26-14-13-19-15-27-23-12-8-7-11-21(19)23;/h4-12,15,27H,13-14,16H2,1-3H3,(H2,25,26,28);1H. The van der Waals surface area contributed by atoms with Gasteiger partial charge in [-0.25, -0.2) is 4.68 Å². The minimum absolute atomic E-state index is 0. The SMILES string of the molecule is CN=C(NCCc1c[nH]c2ccccc12)NCc1c(C)nn(-c2ccccc2)c1C.I. The fourth-order valence-corrected chi connectivity index (χ4v) is 3.80. The number of nitrogens with one attached hydrogen (secondary N) is 3. The average Bonchev–Trinajstić information content (AvgIpc) is 3.32. The van der Waals surface area contributed by atoms with Gasteiger partial charge in [0.15, 0.2) is 5.96 Å². The maximum absolute atomic E-state index is 4.72. The van der Waals surface area contributed by atoms with Crippen molar-refractivity contribution in [2.75, 3.05) is 13.6 Å². The molecule has 0 bridgehead atoms. The van der Waals surface area contributed by atoms with Gasteiger partial charge in [0.25, 0.3) is 0 Å². The molecule has 0 amide bonds. The normalized spacial score (nSPS) is 11.4. The van der Waals surface area contributed by atoms with Crippen molar-refractivity contribution in [1.29, 1.82) is 0 Å². The Hall–Kier alpha value is -2.81. The van der Waals surface area contributed by atoms with Crippen LogP contribution in [0.3, 0.4) is 0 Å². The molecule has 0 aliphatic heterocycles. The van der Waals surface area contributed by atoms with Crippen molar-refractivity contribution < 1.29 is 0 Å². The summed E-state index contributed by atoms with van der Waals surface area (Å²) in [5.74, 6) is 0.793. The van der Waals surface area contributed by atoms with E-state index in [1.165, 1.54) is 22.0 Å². The number of nitrogens with zero attached hydrogens (tertiary/aromatic N) is 3. The van der Waals surface area contributed by atoms with Gasteiger partial charge in [-0.1, -0.05) is 36.4 Å². The molecule has 4 rings (SSSR count). The van der Waals surface area contributed by atoms with Gasteiger partial charge in [-0.05, 0) is 44.0 Å². The average molecular weight is 528 g/mol. The molecule has 0 spiro atoms. The molecule has 0 radical (unpaired) electrons. The van der Waals surface area contributed by atoms with E-state index in [1.54, 1.807) is 7.05 Å². The van der Waals surface area contributed by atoms with E-state index in [4.69, 9.17) is 5.10 Å². The van der Waals surface area contributed by atoms with E-state index in [0.29, 0.717) is 6.54 Å². The number of aromatic nitrogens is 3. The van der Waals surface area contributed by atoms with Crippen LogP contribution in [0.5, 0.6) is 0 Å². The first kappa shape index (κ1) is 22.9. The van der Waals surface area contributed by atoms with E-state index < -0.39 is 0 Å². The number of para-hydroxylation sites is 2. The van der Waals surface area contributed by atoms with Crippen LogP contribution in [0.15, 0.2) is 65.8 Å². The quantitative estimate of drug-likeness (QED) is 0.196. The van der Waals surface area contributed by atoms with Gasteiger partial charge in [-0.15, -0.1) is 24.0 Å². The van der Waals surface area contributed by atoms with Crippen molar-refractivity contribution in [1.82, 2.24) is 25.4 Å². The van der Waals surface area contributed by atoms with Gasteiger partial charge in [0.05, 0.1) is 11.4 Å². The molecule has 0 fully saturated rings. The summed E-state index contributed by atoms with van der Waals surface area (Å²) in [5.41, 5.74) is 6.92. The lowest BCUT2D eigenvalue weighted by Crippen LogP contribution is -2.38. The topological polar surface area (TPSA) is 70.0 Å². The summed E-state index contributed by atoms with van der Waals surface area (Å²) in [7, 11) is 1.80. The van der Waals surface area contributed by atoms with Crippen molar-refractivity contribution in [3.05, 3.63) is 83.3 Å². The summed E-state index contributed by atoms with van der Waals surface area (Å²) < 4.78 is 2.00. The van der Waals surface area contributed by atoms with Crippen LogP contribution in [0.1, 0.15) is 22.5 Å². The lowest BCUT2D eigenvalue weighted by Gasteiger charge is -2.12. The second kappa shape index (κ2) is 10.5. The van der Waals surface area contributed by atoms with Gasteiger partial charge in [-0.3, -0.25) is 4.99 Å². The third-order valence-corrected chi connectivity index (χ3v) is 5.46. The van der Waals surface area contributed by atoms with E-state index in [9.17, 15) is 0 Å². The maximum Gasteiger partial charge on any atom is 0.191 e. The highest BCUT2D eigenvalue weighted by molar-refractivity contribution is 14.0. The molecule has 0 atom stereocenters. The molecule has 7 heteroatoms. The summed E-state index contributed by atoms with van der Waals surface area (Å²) in [6.07, 6.45) is 3.02. The van der Waals surface area contributed by atoms with E-state index >= 15 is 0 Å². The summed E-state index contributed by atoms with van der Waals surface area (Å²) in [4.78, 5) is 7.70. The van der Waals surface area contributed by atoms with Crippen LogP contribution in [0.2, 0.25) is 0 Å². The second-order valence-electron chi connectivity index (χ2n) is 7.36. The van der Waals surface area contributed by atoms with Crippen LogP contribution in [0, 0.1) is 13.8 Å². The van der Waals surface area contributed by atoms with E-state index in [0.717, 1.165) is 36.0 Å². The zero-order valence-corrected chi connectivity index (χ0v) is 20.5. The fraction of sp³-hybridized carbons (Fsp3) is 0.250. The van der Waals surface area contributed by atoms with Crippen molar-refractivity contribution in [3.63, 3.8) is 0 Å². The van der Waals surface area contributed by atoms with Crippen LogP contribution in [0.25, 0.3) is 16.6 Å². The Labute approximate surface area is 200 Å². The minimum atomic E-state index is 0. The first-order valence-electron chi connectivity index (χ1n) is 10.3. The van der Waals surface area contributed by atoms with Gasteiger partial charge < -0.3 is 15.6 Å². The molecule has 2 heterocycles. The van der Waals surface area contributed by atoms with Gasteiger partial charge in [0.2, 0.25) is 0 Å². The highest BCUT2D eigenvalue weighted by Gasteiger charge is 2.13. The predicted molar refractivity (Wildman–Crippen MR) is 139 cm³/mol. The van der Waals surface area contributed by atoms with Gasteiger partial charge in [0.1, 0.15) is 0 Å². The van der Waals surface area contributed by atoms with Crippen molar-refractivity contribution in [2.24, 2.45) is 4.99 Å². The van der Waals surface area contributed by atoms with Crippen molar-refractivity contribution in [2.45, 2.75) is 26.8 Å². The fourth-order valence-electron chi connectivity index (χ4n) is 3.80. The molecule has 2 aromatic heterocycles. The number of aromatic amines is 1. The summed E-state index contributed by atoms with van der Waals surface area (Å²) in [6, 6.07) is 18.6. The number of benzene rings is 2. The Morgan fingerprint density at radius 3 is 2.55 bits per heavy atom. The number of H-pyrrole nitrogens is 1. The number of hydrogen-bond donors (Lipinski definition) is 3. The lowest BCUT2D eigenvalue weighted by atomic mass is 10.1. The van der Waals surface area contributed by atoms with Gasteiger partial charge in [0, 0.05) is 48.5 Å². The highest BCUT2D eigenvalue weighted by atomic mass is 127. The van der Waals surface area contributed by atoms with Crippen LogP contribution >= 0.6 is 24.0 Å². The highest BCUT2D eigenvalue weighted by Crippen LogP contribution is 2.18. The number of aliphatic imine (C=N–C) groups is 1. The molecular formula is C24H29IN6. The Kier molecular flexibility index (Phi) is 7.73. The Morgan fingerprint density at radius 2 is 1.77 bits per heavy atom. The van der Waals surface area contributed by atoms with Gasteiger partial charge >= 0.3 is 0 Å². The molecule has 2 aromatic carbocycles. The minimum Gasteiger partial charge on any atom is -0.361 e. The van der Waals surface area contributed by atoms with Crippen LogP contribution in [0.4, 0.5) is 0 Å². The molecule has 3 N–H and O–H groups in total. The Morgan fingerprint density at radius 1 is 1.03 bits per heavy atom. The molecular weight excluding hydrogens is 499 g/mol. The number of rotatable bonds is 6. The van der Waals surface area contributed by atoms with E-state index in [-0.39, 0.29) is 24.0 Å². The lowest BCUT2D eigenvalue weighted by molar-refractivity contribution is 0.790. The largest absolute Gasteiger partial charge is 0.361 e. The molecule has 0 aliphatic carbocycles.